The minimum absolute atomic E-state index is 0.105. The summed E-state index contributed by atoms with van der Waals surface area (Å²) in [4.78, 5) is 31.0. The molecule has 2 aromatic heterocycles. The molecule has 9 heteroatoms. The van der Waals surface area contributed by atoms with Gasteiger partial charge in [0.15, 0.2) is 0 Å². The van der Waals surface area contributed by atoms with Gasteiger partial charge in [-0.15, -0.1) is 0 Å². The molecule has 0 spiro atoms. The summed E-state index contributed by atoms with van der Waals surface area (Å²) in [5.74, 6) is 2.77. The van der Waals surface area contributed by atoms with Crippen molar-refractivity contribution in [3.05, 3.63) is 34.2 Å². The maximum Gasteiger partial charge on any atom is 0.250 e. The number of fused-ring (bicyclic) bond motifs is 4. The van der Waals surface area contributed by atoms with Crippen LogP contribution in [0.1, 0.15) is 31.9 Å². The Bertz CT molecular complexity index is 970. The third-order valence-electron chi connectivity index (χ3n) is 6.09. The minimum atomic E-state index is 0.105. The van der Waals surface area contributed by atoms with Crippen LogP contribution in [-0.4, -0.2) is 65.0 Å². The van der Waals surface area contributed by atoms with Gasteiger partial charge in [0.25, 0.3) is 5.56 Å². The Hall–Kier alpha value is -2.68. The van der Waals surface area contributed by atoms with E-state index in [4.69, 9.17) is 14.7 Å². The maximum absolute atomic E-state index is 12.3. The van der Waals surface area contributed by atoms with Gasteiger partial charge in [-0.25, -0.2) is 0 Å². The molecule has 5 rings (SSSR count). The number of morpholine rings is 1. The third-order valence-corrected chi connectivity index (χ3v) is 6.09. The molecule has 0 amide bonds. The van der Waals surface area contributed by atoms with E-state index in [1.165, 1.54) is 0 Å². The first-order valence-corrected chi connectivity index (χ1v) is 10.9. The van der Waals surface area contributed by atoms with E-state index in [2.05, 4.69) is 40.0 Å². The average Bonchev–Trinajstić information content (AvgIpc) is 2.74. The molecule has 5 heterocycles. The maximum atomic E-state index is 12.3. The molecule has 2 atom stereocenters. The topological polar surface area (TPSA) is 88.4 Å². The van der Waals surface area contributed by atoms with E-state index >= 15 is 0 Å². The Morgan fingerprint density at radius 2 is 1.80 bits per heavy atom. The van der Waals surface area contributed by atoms with Crippen molar-refractivity contribution in [1.82, 2.24) is 19.5 Å². The van der Waals surface area contributed by atoms with Crippen LogP contribution in [0.4, 0.5) is 17.8 Å². The first-order chi connectivity index (χ1) is 14.6. The molecule has 0 aliphatic carbocycles. The molecule has 2 bridgehead atoms. The highest BCUT2D eigenvalue weighted by atomic mass is 16.5. The van der Waals surface area contributed by atoms with Crippen LogP contribution in [-0.2, 0) is 11.3 Å². The van der Waals surface area contributed by atoms with Crippen LogP contribution in [0, 0.1) is 5.92 Å². The van der Waals surface area contributed by atoms with Crippen molar-refractivity contribution in [2.24, 2.45) is 5.92 Å². The predicted molar refractivity (Wildman–Crippen MR) is 115 cm³/mol. The van der Waals surface area contributed by atoms with Crippen molar-refractivity contribution in [2.75, 3.05) is 54.5 Å². The number of nitrogens with zero attached hydrogens (tertiary/aromatic N) is 6. The number of pyridine rings is 1. The third kappa shape index (κ3) is 3.74. The molecule has 9 nitrogen and oxygen atoms in total. The fourth-order valence-electron chi connectivity index (χ4n) is 4.78. The number of piperidine rings is 1. The van der Waals surface area contributed by atoms with Gasteiger partial charge in [0.2, 0.25) is 17.8 Å². The second-order valence-corrected chi connectivity index (χ2v) is 8.76. The molecular formula is C21H29N7O2. The molecule has 0 saturated carbocycles. The van der Waals surface area contributed by atoms with Crippen LogP contribution >= 0.6 is 0 Å². The van der Waals surface area contributed by atoms with E-state index < -0.39 is 0 Å². The van der Waals surface area contributed by atoms with E-state index in [9.17, 15) is 4.79 Å². The van der Waals surface area contributed by atoms with E-state index in [-0.39, 0.29) is 11.6 Å². The van der Waals surface area contributed by atoms with Gasteiger partial charge in [-0.2, -0.15) is 15.0 Å². The molecular weight excluding hydrogens is 382 g/mol. The smallest absolute Gasteiger partial charge is 0.250 e. The van der Waals surface area contributed by atoms with Crippen molar-refractivity contribution in [1.29, 1.82) is 0 Å². The van der Waals surface area contributed by atoms with Crippen molar-refractivity contribution < 1.29 is 4.74 Å². The fraction of sp³-hybridized carbons (Fsp3) is 0.619. The summed E-state index contributed by atoms with van der Waals surface area (Å²) < 4.78 is 7.44. The van der Waals surface area contributed by atoms with Crippen LogP contribution in [0.3, 0.4) is 0 Å². The molecule has 3 aliphatic heterocycles. The molecule has 0 unspecified atom stereocenters. The number of ether oxygens (including phenoxy) is 1. The molecule has 2 aromatic rings. The van der Waals surface area contributed by atoms with Crippen LogP contribution in [0.2, 0.25) is 0 Å². The van der Waals surface area contributed by atoms with E-state index in [1.807, 2.05) is 10.6 Å². The van der Waals surface area contributed by atoms with Crippen molar-refractivity contribution in [3.63, 3.8) is 0 Å². The van der Waals surface area contributed by atoms with Gasteiger partial charge in [-0.1, -0.05) is 6.07 Å². The van der Waals surface area contributed by atoms with Gasteiger partial charge >= 0.3 is 0 Å². The van der Waals surface area contributed by atoms with Gasteiger partial charge in [0.1, 0.15) is 0 Å². The summed E-state index contributed by atoms with van der Waals surface area (Å²) in [6, 6.07) is 5.85. The number of hydrogen-bond acceptors (Lipinski definition) is 8. The summed E-state index contributed by atoms with van der Waals surface area (Å²) in [6.45, 7) is 9.54. The highest BCUT2D eigenvalue weighted by Crippen LogP contribution is 2.36. The molecule has 160 valence electrons. The van der Waals surface area contributed by atoms with E-state index in [1.54, 1.807) is 6.07 Å². The lowest BCUT2D eigenvalue weighted by Crippen LogP contribution is -2.48. The Kier molecular flexibility index (Phi) is 5.06. The molecule has 2 saturated heterocycles. The van der Waals surface area contributed by atoms with Crippen LogP contribution < -0.4 is 20.7 Å². The van der Waals surface area contributed by atoms with Crippen LogP contribution in [0.5, 0.6) is 0 Å². The minimum Gasteiger partial charge on any atom is -0.378 e. The van der Waals surface area contributed by atoms with Crippen LogP contribution in [0.25, 0.3) is 0 Å². The summed E-state index contributed by atoms with van der Waals surface area (Å²) in [7, 11) is 0. The standard InChI is InChI=1S/C21H29N7O2/c1-14(2)22-19-23-20(26-6-8-30-9-7-26)25-21(24-19)27-11-15-10-16(13-27)17-4-3-5-18(29)28(17)12-15/h3-5,14-16H,6-13H2,1-2H3,(H,22,23,24,25)/t15-,16+/m1/s1. The molecule has 1 N–H and O–H groups in total. The normalized spacial score (nSPS) is 23.4. The predicted octanol–water partition coefficient (Wildman–Crippen LogP) is 1.31. The monoisotopic (exact) mass is 411 g/mol. The zero-order valence-corrected chi connectivity index (χ0v) is 17.6. The summed E-state index contributed by atoms with van der Waals surface area (Å²) in [6.07, 6.45) is 1.11. The SMILES string of the molecule is CC(C)Nc1nc(N2CCOCC2)nc(N2C[C@H]3C[C@@H](C2)c2cccc(=O)n2C3)n1. The van der Waals surface area contributed by atoms with Gasteiger partial charge in [0, 0.05) is 56.4 Å². The second-order valence-electron chi connectivity index (χ2n) is 8.76. The number of anilines is 3. The van der Waals surface area contributed by atoms with Crippen molar-refractivity contribution >= 4 is 17.8 Å². The lowest BCUT2D eigenvalue weighted by Gasteiger charge is -2.42. The van der Waals surface area contributed by atoms with Crippen LogP contribution in [0.15, 0.2) is 23.0 Å². The molecule has 0 aromatic carbocycles. The summed E-state index contributed by atoms with van der Waals surface area (Å²) in [5.41, 5.74) is 1.24. The Morgan fingerprint density at radius 1 is 1.03 bits per heavy atom. The quantitative estimate of drug-likeness (QED) is 0.806. The van der Waals surface area contributed by atoms with E-state index in [0.717, 1.165) is 50.8 Å². The fourth-order valence-corrected chi connectivity index (χ4v) is 4.78. The lowest BCUT2D eigenvalue weighted by atomic mass is 9.83. The van der Waals surface area contributed by atoms with E-state index in [0.29, 0.717) is 36.9 Å². The largest absolute Gasteiger partial charge is 0.378 e. The second kappa shape index (κ2) is 7.86. The average molecular weight is 412 g/mol. The van der Waals surface area contributed by atoms with Gasteiger partial charge in [-0.3, -0.25) is 4.79 Å². The van der Waals surface area contributed by atoms with Gasteiger partial charge in [-0.05, 0) is 32.3 Å². The number of hydrogen-bond donors (Lipinski definition) is 1. The number of rotatable bonds is 4. The Labute approximate surface area is 176 Å². The molecule has 0 radical (unpaired) electrons. The lowest BCUT2D eigenvalue weighted by molar-refractivity contribution is 0.122. The van der Waals surface area contributed by atoms with Gasteiger partial charge < -0.3 is 24.4 Å². The first kappa shape index (κ1) is 19.3. The highest BCUT2D eigenvalue weighted by Gasteiger charge is 2.36. The van der Waals surface area contributed by atoms with Crippen molar-refractivity contribution in [2.45, 2.75) is 38.8 Å². The molecule has 2 fully saturated rings. The summed E-state index contributed by atoms with van der Waals surface area (Å²) >= 11 is 0. The van der Waals surface area contributed by atoms with Crippen molar-refractivity contribution in [3.8, 4) is 0 Å². The Balaban J connectivity index is 1.47. The number of nitrogens with one attached hydrogen (secondary N) is 1. The number of aromatic nitrogens is 4. The first-order valence-electron chi connectivity index (χ1n) is 10.9. The summed E-state index contributed by atoms with van der Waals surface area (Å²) in [5, 5.41) is 3.34. The van der Waals surface area contributed by atoms with Gasteiger partial charge in [0.05, 0.1) is 13.2 Å². The molecule has 3 aliphatic rings. The zero-order valence-electron chi connectivity index (χ0n) is 17.6. The molecule has 30 heavy (non-hydrogen) atoms. The Morgan fingerprint density at radius 3 is 2.57 bits per heavy atom. The highest BCUT2D eigenvalue weighted by molar-refractivity contribution is 5.46. The zero-order chi connectivity index (χ0) is 20.7.